The molecule has 0 radical (unpaired) electrons. The van der Waals surface area contributed by atoms with Crippen molar-refractivity contribution in [3.8, 4) is 11.8 Å². The Balaban J connectivity index is 1.82. The molecule has 3 unspecified atom stereocenters. The highest BCUT2D eigenvalue weighted by atomic mass is 16.6. The van der Waals surface area contributed by atoms with Crippen LogP contribution in [0.5, 0.6) is 0 Å². The van der Waals surface area contributed by atoms with Gasteiger partial charge in [-0.3, -0.25) is 0 Å². The zero-order valence-electron chi connectivity index (χ0n) is 10.4. The third-order valence-electron chi connectivity index (χ3n) is 3.32. The Hall–Kier alpha value is -0.970. The molecule has 2 aliphatic carbocycles. The van der Waals surface area contributed by atoms with Gasteiger partial charge in [-0.2, -0.15) is 0 Å². The molecule has 0 aliphatic heterocycles. The van der Waals surface area contributed by atoms with Gasteiger partial charge in [0.2, 0.25) is 0 Å². The second kappa shape index (κ2) is 4.13. The molecule has 0 bridgehead atoms. The second-order valence-electron chi connectivity index (χ2n) is 6.04. The predicted molar refractivity (Wildman–Crippen MR) is 62.6 cm³/mol. The summed E-state index contributed by atoms with van der Waals surface area (Å²) in [5.41, 5.74) is -0.431. The zero-order valence-corrected chi connectivity index (χ0v) is 10.4. The van der Waals surface area contributed by atoms with Gasteiger partial charge in [0.25, 0.3) is 0 Å². The first kappa shape index (κ1) is 11.5. The van der Waals surface area contributed by atoms with Crippen molar-refractivity contribution in [1.82, 2.24) is 0 Å². The molecule has 0 aromatic heterocycles. The van der Waals surface area contributed by atoms with E-state index in [-0.39, 0.29) is 5.97 Å². The van der Waals surface area contributed by atoms with Gasteiger partial charge in [-0.25, -0.2) is 4.79 Å². The van der Waals surface area contributed by atoms with Crippen molar-refractivity contribution in [2.75, 3.05) is 0 Å². The van der Waals surface area contributed by atoms with Gasteiger partial charge in [0, 0.05) is 11.8 Å². The van der Waals surface area contributed by atoms with Gasteiger partial charge in [0.05, 0.1) is 0 Å². The maximum atomic E-state index is 11.4. The van der Waals surface area contributed by atoms with Crippen LogP contribution in [-0.4, -0.2) is 11.6 Å². The largest absolute Gasteiger partial charge is 0.450 e. The summed E-state index contributed by atoms with van der Waals surface area (Å²) in [6.45, 7) is 5.59. The van der Waals surface area contributed by atoms with Crippen LogP contribution in [0.25, 0.3) is 0 Å². The molecule has 2 fully saturated rings. The van der Waals surface area contributed by atoms with E-state index < -0.39 is 5.60 Å². The quantitative estimate of drug-likeness (QED) is 0.356. The monoisotopic (exact) mass is 220 g/mol. The molecule has 16 heavy (non-hydrogen) atoms. The van der Waals surface area contributed by atoms with Crippen LogP contribution < -0.4 is 0 Å². The number of carbonyl (C=O) groups is 1. The minimum atomic E-state index is -0.431. The van der Waals surface area contributed by atoms with Crippen LogP contribution in [0, 0.1) is 29.6 Å². The van der Waals surface area contributed by atoms with Gasteiger partial charge < -0.3 is 4.74 Å². The molecule has 0 N–H and O–H groups in total. The highest BCUT2D eigenvalue weighted by Crippen LogP contribution is 2.51. The van der Waals surface area contributed by atoms with Gasteiger partial charge in [0.15, 0.2) is 0 Å². The molecule has 0 saturated heterocycles. The van der Waals surface area contributed by atoms with Crippen molar-refractivity contribution in [3.05, 3.63) is 0 Å². The first-order valence-electron chi connectivity index (χ1n) is 6.18. The first-order valence-corrected chi connectivity index (χ1v) is 6.18. The summed E-state index contributed by atoms with van der Waals surface area (Å²) in [6.07, 6.45) is 5.06. The summed E-state index contributed by atoms with van der Waals surface area (Å²) in [5, 5.41) is 0. The number of carbonyl (C=O) groups excluding carboxylic acids is 1. The minimum absolute atomic E-state index is 0.384. The van der Waals surface area contributed by atoms with Crippen molar-refractivity contribution in [3.63, 3.8) is 0 Å². The number of hydrogen-bond donors (Lipinski definition) is 0. The van der Waals surface area contributed by atoms with Gasteiger partial charge in [0.1, 0.15) is 5.60 Å². The molecule has 0 heterocycles. The Morgan fingerprint density at radius 1 is 1.19 bits per heavy atom. The van der Waals surface area contributed by atoms with Gasteiger partial charge in [-0.15, -0.1) is 0 Å². The van der Waals surface area contributed by atoms with Crippen molar-refractivity contribution < 1.29 is 9.53 Å². The molecule has 3 atom stereocenters. The maximum Gasteiger partial charge on any atom is 0.384 e. The highest BCUT2D eigenvalue weighted by molar-refractivity contribution is 5.88. The third kappa shape index (κ3) is 3.27. The van der Waals surface area contributed by atoms with Crippen molar-refractivity contribution >= 4 is 5.97 Å². The van der Waals surface area contributed by atoms with Gasteiger partial charge >= 0.3 is 5.97 Å². The smallest absolute Gasteiger partial charge is 0.384 e. The molecule has 88 valence electrons. The molecule has 0 aromatic carbocycles. The summed E-state index contributed by atoms with van der Waals surface area (Å²) in [6, 6.07) is 0. The van der Waals surface area contributed by atoms with Gasteiger partial charge in [-0.05, 0) is 58.3 Å². The van der Waals surface area contributed by atoms with E-state index in [0.29, 0.717) is 5.92 Å². The zero-order chi connectivity index (χ0) is 11.8. The van der Waals surface area contributed by atoms with Crippen LogP contribution in [-0.2, 0) is 9.53 Å². The minimum Gasteiger partial charge on any atom is -0.450 e. The lowest BCUT2D eigenvalue weighted by Gasteiger charge is -2.17. The summed E-state index contributed by atoms with van der Waals surface area (Å²) in [4.78, 5) is 11.4. The maximum absolute atomic E-state index is 11.4. The average molecular weight is 220 g/mol. The predicted octanol–water partition coefficient (Wildman–Crippen LogP) is 2.77. The molecule has 2 aliphatic rings. The summed E-state index contributed by atoms with van der Waals surface area (Å²) >= 11 is 0. The van der Waals surface area contributed by atoms with E-state index in [0.717, 1.165) is 18.3 Å². The SMILES string of the molecule is CC(C)(C)OC(=O)C#CC1CCC2CC2C1. The van der Waals surface area contributed by atoms with Crippen LogP contribution in [0.1, 0.15) is 46.5 Å². The number of ether oxygens (including phenoxy) is 1. The number of esters is 1. The van der Waals surface area contributed by atoms with E-state index in [2.05, 4.69) is 11.8 Å². The van der Waals surface area contributed by atoms with E-state index in [1.54, 1.807) is 0 Å². The molecule has 0 aromatic rings. The van der Waals surface area contributed by atoms with Crippen molar-refractivity contribution in [1.29, 1.82) is 0 Å². The Kier molecular flexibility index (Phi) is 2.97. The Labute approximate surface area is 97.7 Å². The fraction of sp³-hybridized carbons (Fsp3) is 0.786. The average Bonchev–Trinajstić information content (AvgIpc) is 2.89. The van der Waals surface area contributed by atoms with Crippen molar-refractivity contribution in [2.24, 2.45) is 17.8 Å². The summed E-state index contributed by atoms with van der Waals surface area (Å²) in [5.74, 6) is 7.65. The normalized spacial score (nSPS) is 32.1. The molecular formula is C14H20O2. The highest BCUT2D eigenvalue weighted by Gasteiger charge is 2.41. The molecule has 0 amide bonds. The van der Waals surface area contributed by atoms with Crippen LogP contribution in [0.2, 0.25) is 0 Å². The van der Waals surface area contributed by atoms with E-state index in [1.807, 2.05) is 20.8 Å². The van der Waals surface area contributed by atoms with Crippen LogP contribution in [0.4, 0.5) is 0 Å². The van der Waals surface area contributed by atoms with E-state index >= 15 is 0 Å². The first-order chi connectivity index (χ1) is 7.44. The van der Waals surface area contributed by atoms with Crippen molar-refractivity contribution in [2.45, 2.75) is 52.1 Å². The Morgan fingerprint density at radius 2 is 1.94 bits per heavy atom. The molecule has 0 spiro atoms. The van der Waals surface area contributed by atoms with Crippen LogP contribution in [0.15, 0.2) is 0 Å². The fourth-order valence-electron chi connectivity index (χ4n) is 2.45. The van der Waals surface area contributed by atoms with Crippen LogP contribution in [0.3, 0.4) is 0 Å². The number of fused-ring (bicyclic) bond motifs is 1. The third-order valence-corrected chi connectivity index (χ3v) is 3.32. The van der Waals surface area contributed by atoms with E-state index in [4.69, 9.17) is 4.74 Å². The fourth-order valence-corrected chi connectivity index (χ4v) is 2.45. The molecule has 2 nitrogen and oxygen atoms in total. The van der Waals surface area contributed by atoms with Gasteiger partial charge in [-0.1, -0.05) is 5.92 Å². The summed E-state index contributed by atoms with van der Waals surface area (Å²) < 4.78 is 5.15. The summed E-state index contributed by atoms with van der Waals surface area (Å²) in [7, 11) is 0. The number of rotatable bonds is 0. The lowest BCUT2D eigenvalue weighted by atomic mass is 9.90. The van der Waals surface area contributed by atoms with Crippen LogP contribution >= 0.6 is 0 Å². The molecule has 2 saturated carbocycles. The standard InChI is InChI=1S/C14H20O2/c1-14(2,3)16-13(15)7-5-10-4-6-11-9-12(11)8-10/h10-12H,4,6,8-9H2,1-3H3. The second-order valence-corrected chi connectivity index (χ2v) is 6.04. The number of hydrogen-bond acceptors (Lipinski definition) is 2. The molecule has 2 heteroatoms. The van der Waals surface area contributed by atoms with E-state index in [1.165, 1.54) is 19.3 Å². The van der Waals surface area contributed by atoms with E-state index in [9.17, 15) is 4.79 Å². The lowest BCUT2D eigenvalue weighted by Crippen LogP contribution is -2.23. The topological polar surface area (TPSA) is 26.3 Å². The molecular weight excluding hydrogens is 200 g/mol. The lowest BCUT2D eigenvalue weighted by molar-refractivity contribution is -0.147. The Bertz CT molecular complexity index is 340. The molecule has 2 rings (SSSR count). The Morgan fingerprint density at radius 3 is 2.56 bits per heavy atom.